The maximum absolute atomic E-state index is 2.62. The van der Waals surface area contributed by atoms with Crippen molar-refractivity contribution in [2.75, 3.05) is 0 Å². The molecular weight excluding hydrogens is 204 g/mol. The maximum Gasteiger partial charge on any atom is -0.0165 e. The Labute approximate surface area is 105 Å². The second-order valence-corrected chi connectivity index (χ2v) is 7.69. The largest absolute Gasteiger partial charge is 0.0848 e. The molecule has 0 heteroatoms. The summed E-state index contributed by atoms with van der Waals surface area (Å²) in [5.74, 6) is 7.76. The Kier molecular flexibility index (Phi) is 1.61. The minimum atomic E-state index is 0.846. The highest BCUT2D eigenvalue weighted by Gasteiger charge is 2.74. The van der Waals surface area contributed by atoms with E-state index in [4.69, 9.17) is 0 Å². The van der Waals surface area contributed by atoms with Crippen molar-refractivity contribution in [1.82, 2.24) is 0 Å². The Morgan fingerprint density at radius 2 is 2.12 bits per heavy atom. The summed E-state index contributed by atoms with van der Waals surface area (Å²) in [4.78, 5) is 0. The topological polar surface area (TPSA) is 0 Å². The van der Waals surface area contributed by atoms with Gasteiger partial charge in [0.2, 0.25) is 0 Å². The molecule has 0 aromatic carbocycles. The van der Waals surface area contributed by atoms with Gasteiger partial charge in [-0.2, -0.15) is 0 Å². The summed E-state index contributed by atoms with van der Waals surface area (Å²) < 4.78 is 0. The summed E-state index contributed by atoms with van der Waals surface area (Å²) in [5, 5.41) is 0. The van der Waals surface area contributed by atoms with Crippen LogP contribution in [-0.4, -0.2) is 0 Å². The van der Waals surface area contributed by atoms with Crippen LogP contribution in [0.5, 0.6) is 0 Å². The molecule has 4 saturated carbocycles. The summed E-state index contributed by atoms with van der Waals surface area (Å²) in [5.41, 5.74) is 0.846. The van der Waals surface area contributed by atoms with E-state index in [-0.39, 0.29) is 0 Å². The van der Waals surface area contributed by atoms with E-state index in [0.717, 1.165) is 46.8 Å². The van der Waals surface area contributed by atoms with Crippen LogP contribution in [0.3, 0.4) is 0 Å². The molecule has 4 fully saturated rings. The number of rotatable bonds is 2. The van der Waals surface area contributed by atoms with Crippen LogP contribution in [0.4, 0.5) is 0 Å². The minimum Gasteiger partial charge on any atom is -0.0848 e. The highest BCUT2D eigenvalue weighted by molar-refractivity contribution is 5.29. The third-order valence-electron chi connectivity index (χ3n) is 7.72. The summed E-state index contributed by atoms with van der Waals surface area (Å²) >= 11 is 0. The van der Waals surface area contributed by atoms with Crippen molar-refractivity contribution in [2.45, 2.75) is 45.4 Å². The van der Waals surface area contributed by atoms with E-state index in [0.29, 0.717) is 0 Å². The van der Waals surface area contributed by atoms with Gasteiger partial charge in [0, 0.05) is 0 Å². The molecule has 92 valence electrons. The third kappa shape index (κ3) is 0.833. The lowest BCUT2D eigenvalue weighted by atomic mass is 9.59. The van der Waals surface area contributed by atoms with Crippen molar-refractivity contribution in [2.24, 2.45) is 46.8 Å². The summed E-state index contributed by atoms with van der Waals surface area (Å²) in [6.45, 7) is 2.40. The molecule has 0 aromatic rings. The van der Waals surface area contributed by atoms with E-state index >= 15 is 0 Å². The predicted molar refractivity (Wildman–Crippen MR) is 69.4 cm³/mol. The highest BCUT2D eigenvalue weighted by atomic mass is 14.8. The van der Waals surface area contributed by atoms with Crippen LogP contribution in [0, 0.1) is 46.8 Å². The first-order valence-corrected chi connectivity index (χ1v) is 8.04. The lowest BCUT2D eigenvalue weighted by Crippen LogP contribution is -2.40. The first-order chi connectivity index (χ1) is 8.36. The third-order valence-corrected chi connectivity index (χ3v) is 7.72. The first kappa shape index (κ1) is 9.64. The van der Waals surface area contributed by atoms with Crippen LogP contribution >= 0.6 is 0 Å². The van der Waals surface area contributed by atoms with Gasteiger partial charge < -0.3 is 0 Å². The van der Waals surface area contributed by atoms with Gasteiger partial charge in [-0.3, -0.25) is 0 Å². The average Bonchev–Trinajstić information content (AvgIpc) is 3.04. The molecule has 8 atom stereocenters. The van der Waals surface area contributed by atoms with Gasteiger partial charge >= 0.3 is 0 Å². The molecule has 0 aliphatic heterocycles. The molecule has 0 N–H and O–H groups in total. The molecule has 4 bridgehead atoms. The molecule has 0 heterocycles. The van der Waals surface area contributed by atoms with Crippen LogP contribution in [0.2, 0.25) is 0 Å². The zero-order valence-electron chi connectivity index (χ0n) is 10.9. The molecule has 5 aliphatic carbocycles. The second kappa shape index (κ2) is 2.83. The summed E-state index contributed by atoms with van der Waals surface area (Å²) in [7, 11) is 0. The number of fused-ring (bicyclic) bond motifs is 5. The molecular formula is C17H24. The van der Waals surface area contributed by atoms with Crippen molar-refractivity contribution < 1.29 is 0 Å². The van der Waals surface area contributed by atoms with Gasteiger partial charge in [-0.15, -0.1) is 0 Å². The Morgan fingerprint density at radius 1 is 1.18 bits per heavy atom. The van der Waals surface area contributed by atoms with E-state index in [9.17, 15) is 0 Å². The van der Waals surface area contributed by atoms with Gasteiger partial charge in [0.05, 0.1) is 0 Å². The van der Waals surface area contributed by atoms with Gasteiger partial charge in [0.1, 0.15) is 0 Å². The fourth-order valence-electron chi connectivity index (χ4n) is 7.70. The SMILES string of the molecule is CCCC1C2CCC34C5C=CC(C5)C3C1CC24. The standard InChI is InChI=1S/C17H24/c1-2-3-12-13-6-7-17-11-5-4-10(8-11)16(17)14(12)9-15(13)17/h4-5,10-16H,2-3,6-9H2,1H3. The molecule has 5 aliphatic rings. The molecule has 0 nitrogen and oxygen atoms in total. The van der Waals surface area contributed by atoms with E-state index < -0.39 is 0 Å². The van der Waals surface area contributed by atoms with Gasteiger partial charge in [0.15, 0.2) is 0 Å². The van der Waals surface area contributed by atoms with Crippen LogP contribution in [0.1, 0.15) is 45.4 Å². The van der Waals surface area contributed by atoms with Gasteiger partial charge in [-0.1, -0.05) is 31.9 Å². The van der Waals surface area contributed by atoms with Gasteiger partial charge in [0.25, 0.3) is 0 Å². The molecule has 0 amide bonds. The average molecular weight is 228 g/mol. The quantitative estimate of drug-likeness (QED) is 0.619. The molecule has 1 spiro atoms. The molecule has 0 radical (unpaired) electrons. The predicted octanol–water partition coefficient (Wildman–Crippen LogP) is 4.27. The Morgan fingerprint density at radius 3 is 3.00 bits per heavy atom. The molecule has 17 heavy (non-hydrogen) atoms. The van der Waals surface area contributed by atoms with Crippen LogP contribution in [-0.2, 0) is 0 Å². The fourth-order valence-corrected chi connectivity index (χ4v) is 7.70. The number of hydrogen-bond acceptors (Lipinski definition) is 0. The number of allylic oxidation sites excluding steroid dienone is 2. The Balaban J connectivity index is 1.62. The smallest absolute Gasteiger partial charge is 0.0165 e. The lowest BCUT2D eigenvalue weighted by Gasteiger charge is -2.45. The zero-order valence-corrected chi connectivity index (χ0v) is 10.9. The highest BCUT2D eigenvalue weighted by Crippen LogP contribution is 2.80. The van der Waals surface area contributed by atoms with Crippen molar-refractivity contribution in [3.05, 3.63) is 12.2 Å². The van der Waals surface area contributed by atoms with E-state index in [2.05, 4.69) is 19.1 Å². The number of hydrogen-bond donors (Lipinski definition) is 0. The van der Waals surface area contributed by atoms with Crippen LogP contribution in [0.15, 0.2) is 12.2 Å². The monoisotopic (exact) mass is 228 g/mol. The fraction of sp³-hybridized carbons (Fsp3) is 0.882. The van der Waals surface area contributed by atoms with E-state index in [1.165, 1.54) is 6.42 Å². The minimum absolute atomic E-state index is 0.846. The van der Waals surface area contributed by atoms with Gasteiger partial charge in [-0.25, -0.2) is 0 Å². The van der Waals surface area contributed by atoms with Crippen molar-refractivity contribution in [3.8, 4) is 0 Å². The Bertz CT molecular complexity index is 395. The molecule has 5 rings (SSSR count). The van der Waals surface area contributed by atoms with Crippen LogP contribution in [0.25, 0.3) is 0 Å². The van der Waals surface area contributed by atoms with E-state index in [1.807, 2.05) is 0 Å². The van der Waals surface area contributed by atoms with Crippen LogP contribution < -0.4 is 0 Å². The summed E-state index contributed by atoms with van der Waals surface area (Å²) in [6.07, 6.45) is 14.6. The van der Waals surface area contributed by atoms with Crippen molar-refractivity contribution in [3.63, 3.8) is 0 Å². The second-order valence-electron chi connectivity index (χ2n) is 7.69. The molecule has 0 saturated heterocycles. The Hall–Kier alpha value is -0.260. The van der Waals surface area contributed by atoms with Crippen molar-refractivity contribution >= 4 is 0 Å². The normalized spacial score (nSPS) is 64.9. The summed E-state index contributed by atoms with van der Waals surface area (Å²) in [6, 6.07) is 0. The maximum atomic E-state index is 2.62. The first-order valence-electron chi connectivity index (χ1n) is 8.04. The van der Waals surface area contributed by atoms with Crippen molar-refractivity contribution in [1.29, 1.82) is 0 Å². The van der Waals surface area contributed by atoms with Gasteiger partial charge in [-0.05, 0) is 72.5 Å². The lowest BCUT2D eigenvalue weighted by molar-refractivity contribution is 0.0448. The zero-order chi connectivity index (χ0) is 11.2. The van der Waals surface area contributed by atoms with E-state index in [1.54, 1.807) is 32.1 Å². The molecule has 8 unspecified atom stereocenters. The molecule has 0 aromatic heterocycles.